The van der Waals surface area contributed by atoms with Crippen molar-refractivity contribution in [3.05, 3.63) is 48.0 Å². The van der Waals surface area contributed by atoms with Crippen LogP contribution >= 0.6 is 11.8 Å². The molecule has 2 aromatic carbocycles. The molecule has 0 fully saturated rings. The van der Waals surface area contributed by atoms with Gasteiger partial charge in [0.05, 0.1) is 25.6 Å². The number of thioether (sulfide) groups is 1. The maximum Gasteiger partial charge on any atom is 0.255 e. The third kappa shape index (κ3) is 5.92. The second-order valence-electron chi connectivity index (χ2n) is 5.72. The summed E-state index contributed by atoms with van der Waals surface area (Å²) in [6.07, 6.45) is 3.24. The van der Waals surface area contributed by atoms with Crippen LogP contribution in [-0.2, 0) is 4.79 Å². The SMILES string of the molecule is COc1cc(NC(=O)c2ccccc2)c(OC)cc1NC(=O)CCCSC. The molecule has 0 radical (unpaired) electrons. The lowest BCUT2D eigenvalue weighted by atomic mass is 10.2. The van der Waals surface area contributed by atoms with E-state index < -0.39 is 0 Å². The molecule has 0 spiro atoms. The van der Waals surface area contributed by atoms with Gasteiger partial charge in [0.15, 0.2) is 0 Å². The van der Waals surface area contributed by atoms with Crippen LogP contribution in [0.3, 0.4) is 0 Å². The number of nitrogens with one attached hydrogen (secondary N) is 2. The number of ether oxygens (including phenoxy) is 2. The molecular formula is C20H24N2O4S. The lowest BCUT2D eigenvalue weighted by Gasteiger charge is -2.16. The monoisotopic (exact) mass is 388 g/mol. The Morgan fingerprint density at radius 1 is 0.963 bits per heavy atom. The van der Waals surface area contributed by atoms with E-state index in [-0.39, 0.29) is 11.8 Å². The second kappa shape index (κ2) is 10.5. The van der Waals surface area contributed by atoms with E-state index >= 15 is 0 Å². The molecule has 144 valence electrons. The summed E-state index contributed by atoms with van der Waals surface area (Å²) in [4.78, 5) is 24.5. The maximum absolute atomic E-state index is 12.4. The summed E-state index contributed by atoms with van der Waals surface area (Å²) in [6.45, 7) is 0. The zero-order valence-corrected chi connectivity index (χ0v) is 16.5. The number of rotatable bonds is 9. The molecule has 0 aliphatic rings. The quantitative estimate of drug-likeness (QED) is 0.634. The molecule has 0 aliphatic heterocycles. The summed E-state index contributed by atoms with van der Waals surface area (Å²) >= 11 is 1.70. The number of amides is 2. The first-order chi connectivity index (χ1) is 13.1. The van der Waals surface area contributed by atoms with Gasteiger partial charge in [0.2, 0.25) is 5.91 Å². The Morgan fingerprint density at radius 3 is 2.11 bits per heavy atom. The molecule has 7 heteroatoms. The van der Waals surface area contributed by atoms with Gasteiger partial charge in [-0.1, -0.05) is 18.2 Å². The Hall–Kier alpha value is -2.67. The number of anilines is 2. The summed E-state index contributed by atoms with van der Waals surface area (Å²) in [5.41, 5.74) is 1.49. The van der Waals surface area contributed by atoms with Crippen LogP contribution in [0.5, 0.6) is 11.5 Å². The average molecular weight is 388 g/mol. The van der Waals surface area contributed by atoms with Gasteiger partial charge in [-0.3, -0.25) is 9.59 Å². The smallest absolute Gasteiger partial charge is 0.255 e. The van der Waals surface area contributed by atoms with Crippen LogP contribution in [0.4, 0.5) is 11.4 Å². The van der Waals surface area contributed by atoms with Crippen LogP contribution in [0.2, 0.25) is 0 Å². The van der Waals surface area contributed by atoms with Crippen LogP contribution in [0.15, 0.2) is 42.5 Å². The number of benzene rings is 2. The number of methoxy groups -OCH3 is 2. The van der Waals surface area contributed by atoms with Crippen LogP contribution in [-0.4, -0.2) is 38.0 Å². The van der Waals surface area contributed by atoms with E-state index in [2.05, 4.69) is 10.6 Å². The summed E-state index contributed by atoms with van der Waals surface area (Å²) in [5.74, 6) is 1.45. The van der Waals surface area contributed by atoms with E-state index in [0.29, 0.717) is 34.9 Å². The van der Waals surface area contributed by atoms with Crippen molar-refractivity contribution in [1.82, 2.24) is 0 Å². The predicted octanol–water partition coefficient (Wildman–Crippen LogP) is 4.04. The highest BCUT2D eigenvalue weighted by Gasteiger charge is 2.16. The second-order valence-corrected chi connectivity index (χ2v) is 6.70. The Bertz CT molecular complexity index is 781. The molecule has 27 heavy (non-hydrogen) atoms. The minimum absolute atomic E-state index is 0.0922. The maximum atomic E-state index is 12.4. The molecule has 0 atom stereocenters. The van der Waals surface area contributed by atoms with E-state index in [4.69, 9.17) is 9.47 Å². The average Bonchev–Trinajstić information content (AvgIpc) is 2.69. The Labute approximate surface area is 163 Å². The van der Waals surface area contributed by atoms with Gasteiger partial charge < -0.3 is 20.1 Å². The first kappa shape index (κ1) is 20.6. The molecule has 0 saturated heterocycles. The van der Waals surface area contributed by atoms with Crippen molar-refractivity contribution in [2.24, 2.45) is 0 Å². The summed E-state index contributed by atoms with van der Waals surface area (Å²) in [5, 5.41) is 5.66. The molecule has 0 heterocycles. The Balaban J connectivity index is 2.19. The van der Waals surface area contributed by atoms with E-state index in [9.17, 15) is 9.59 Å². The summed E-state index contributed by atoms with van der Waals surface area (Å²) < 4.78 is 10.8. The standard InChI is InChI=1S/C20H24N2O4S/c1-25-17-13-16(22-20(24)14-8-5-4-6-9-14)18(26-2)12-15(17)21-19(23)10-7-11-27-3/h4-6,8-9,12-13H,7,10-11H2,1-3H3,(H,21,23)(H,22,24). The van der Waals surface area contributed by atoms with E-state index in [0.717, 1.165) is 12.2 Å². The molecule has 0 aliphatic carbocycles. The van der Waals surface area contributed by atoms with Gasteiger partial charge in [-0.15, -0.1) is 0 Å². The zero-order valence-electron chi connectivity index (χ0n) is 15.7. The van der Waals surface area contributed by atoms with Crippen molar-refractivity contribution in [2.45, 2.75) is 12.8 Å². The minimum atomic E-state index is -0.259. The molecule has 2 aromatic rings. The molecule has 2 amide bonds. The third-order valence-corrected chi connectivity index (χ3v) is 4.53. The van der Waals surface area contributed by atoms with Crippen molar-refractivity contribution in [3.63, 3.8) is 0 Å². The van der Waals surface area contributed by atoms with Gasteiger partial charge in [0.1, 0.15) is 11.5 Å². The minimum Gasteiger partial charge on any atom is -0.494 e. The zero-order chi connectivity index (χ0) is 19.6. The van der Waals surface area contributed by atoms with Crippen molar-refractivity contribution < 1.29 is 19.1 Å². The molecule has 0 bridgehead atoms. The van der Waals surface area contributed by atoms with E-state index in [1.807, 2.05) is 12.3 Å². The van der Waals surface area contributed by atoms with Crippen LogP contribution in [0, 0.1) is 0 Å². The predicted molar refractivity (Wildman–Crippen MR) is 110 cm³/mol. The summed E-state index contributed by atoms with van der Waals surface area (Å²) in [6, 6.07) is 12.2. The van der Waals surface area contributed by atoms with Crippen LogP contribution in [0.1, 0.15) is 23.2 Å². The first-order valence-electron chi connectivity index (χ1n) is 8.50. The Kier molecular flexibility index (Phi) is 8.00. The number of hydrogen-bond acceptors (Lipinski definition) is 5. The fourth-order valence-electron chi connectivity index (χ4n) is 2.47. The fourth-order valence-corrected chi connectivity index (χ4v) is 2.90. The molecule has 2 rings (SSSR count). The highest BCUT2D eigenvalue weighted by atomic mass is 32.2. The molecule has 0 saturated carbocycles. The van der Waals surface area contributed by atoms with Gasteiger partial charge in [0.25, 0.3) is 5.91 Å². The highest BCUT2D eigenvalue weighted by molar-refractivity contribution is 7.98. The largest absolute Gasteiger partial charge is 0.494 e. The van der Waals surface area contributed by atoms with Crippen molar-refractivity contribution in [3.8, 4) is 11.5 Å². The normalized spacial score (nSPS) is 10.2. The molecule has 6 nitrogen and oxygen atoms in total. The lowest BCUT2D eigenvalue weighted by molar-refractivity contribution is -0.116. The molecular weight excluding hydrogens is 364 g/mol. The number of hydrogen-bond donors (Lipinski definition) is 2. The summed E-state index contributed by atoms with van der Waals surface area (Å²) in [7, 11) is 3.01. The van der Waals surface area contributed by atoms with Gasteiger partial charge in [-0.05, 0) is 30.6 Å². The molecule has 0 unspecified atom stereocenters. The third-order valence-electron chi connectivity index (χ3n) is 3.83. The topological polar surface area (TPSA) is 76.7 Å². The van der Waals surface area contributed by atoms with E-state index in [1.165, 1.54) is 14.2 Å². The van der Waals surface area contributed by atoms with Gasteiger partial charge >= 0.3 is 0 Å². The van der Waals surface area contributed by atoms with Gasteiger partial charge in [-0.2, -0.15) is 11.8 Å². The van der Waals surface area contributed by atoms with Gasteiger partial charge in [0, 0.05) is 24.1 Å². The highest BCUT2D eigenvalue weighted by Crippen LogP contribution is 2.36. The molecule has 0 aromatic heterocycles. The fraction of sp³-hybridized carbons (Fsp3) is 0.300. The van der Waals surface area contributed by atoms with Crippen LogP contribution < -0.4 is 20.1 Å². The van der Waals surface area contributed by atoms with E-state index in [1.54, 1.807) is 48.2 Å². The van der Waals surface area contributed by atoms with Crippen molar-refractivity contribution in [1.29, 1.82) is 0 Å². The van der Waals surface area contributed by atoms with Gasteiger partial charge in [-0.25, -0.2) is 0 Å². The lowest BCUT2D eigenvalue weighted by Crippen LogP contribution is -2.15. The number of carbonyl (C=O) groups is 2. The van der Waals surface area contributed by atoms with Crippen molar-refractivity contribution >= 4 is 35.0 Å². The van der Waals surface area contributed by atoms with Crippen molar-refractivity contribution in [2.75, 3.05) is 36.9 Å². The van der Waals surface area contributed by atoms with Crippen LogP contribution in [0.25, 0.3) is 0 Å². The molecule has 2 N–H and O–H groups in total. The Morgan fingerprint density at radius 2 is 1.56 bits per heavy atom. The number of carbonyl (C=O) groups excluding carboxylic acids is 2. The first-order valence-corrected chi connectivity index (χ1v) is 9.89.